The highest BCUT2D eigenvalue weighted by Crippen LogP contribution is 2.34. The number of urea groups is 1. The van der Waals surface area contributed by atoms with Gasteiger partial charge in [-0.05, 0) is 92.7 Å². The normalized spacial score (nSPS) is 22.4. The van der Waals surface area contributed by atoms with Crippen LogP contribution in [-0.2, 0) is 17.9 Å². The van der Waals surface area contributed by atoms with Gasteiger partial charge in [0, 0.05) is 25.3 Å². The summed E-state index contributed by atoms with van der Waals surface area (Å²) in [6.45, 7) is 11.5. The second-order valence-corrected chi connectivity index (χ2v) is 9.82. The van der Waals surface area contributed by atoms with Crippen molar-refractivity contribution in [1.82, 2.24) is 15.1 Å². The molecule has 3 amide bonds. The summed E-state index contributed by atoms with van der Waals surface area (Å²) in [5, 5.41) is 6.98. The molecule has 0 radical (unpaired) electrons. The molecule has 1 aromatic carbocycles. The van der Waals surface area contributed by atoms with E-state index < -0.39 is 5.54 Å². The third-order valence-electron chi connectivity index (χ3n) is 7.10. The van der Waals surface area contributed by atoms with E-state index in [1.54, 1.807) is 11.3 Å². The van der Waals surface area contributed by atoms with E-state index in [0.29, 0.717) is 6.54 Å². The van der Waals surface area contributed by atoms with E-state index >= 15 is 0 Å². The van der Waals surface area contributed by atoms with E-state index in [0.717, 1.165) is 51.1 Å². The first kappa shape index (κ1) is 22.8. The third-order valence-corrected chi connectivity index (χ3v) is 7.83. The highest BCUT2D eigenvalue weighted by Gasteiger charge is 2.52. The van der Waals surface area contributed by atoms with Gasteiger partial charge in [-0.15, -0.1) is 0 Å². The lowest BCUT2D eigenvalue weighted by molar-refractivity contribution is -0.133. The van der Waals surface area contributed by atoms with E-state index in [-0.39, 0.29) is 17.9 Å². The molecule has 1 N–H and O–H groups in total. The molecule has 32 heavy (non-hydrogen) atoms. The summed E-state index contributed by atoms with van der Waals surface area (Å²) < 4.78 is 0. The number of carbonyl (C=O) groups excluding carboxylic acids is 2. The number of hydrogen-bond donors (Lipinski definition) is 1. The fraction of sp³-hybridized carbons (Fsp3) is 0.520. The van der Waals surface area contributed by atoms with Gasteiger partial charge in [0.2, 0.25) is 0 Å². The van der Waals surface area contributed by atoms with Crippen molar-refractivity contribution in [1.29, 1.82) is 0 Å². The lowest BCUT2D eigenvalue weighted by Gasteiger charge is -2.39. The van der Waals surface area contributed by atoms with Crippen LogP contribution < -0.4 is 10.2 Å². The highest BCUT2D eigenvalue weighted by molar-refractivity contribution is 7.07. The predicted molar refractivity (Wildman–Crippen MR) is 130 cm³/mol. The number of likely N-dealkylation sites (tertiary alicyclic amines) is 1. The number of nitrogens with one attached hydrogen (secondary N) is 1. The number of hydrogen-bond acceptors (Lipinski definition) is 5. The van der Waals surface area contributed by atoms with Crippen LogP contribution in [0.2, 0.25) is 0 Å². The summed E-state index contributed by atoms with van der Waals surface area (Å²) in [5.74, 6) is 0.0758. The maximum atomic E-state index is 13.2. The molecular weight excluding hydrogens is 420 g/mol. The zero-order chi connectivity index (χ0) is 22.7. The Labute approximate surface area is 195 Å². The summed E-state index contributed by atoms with van der Waals surface area (Å²) in [6.07, 6.45) is 1.82. The summed E-state index contributed by atoms with van der Waals surface area (Å²) >= 11 is 1.58. The van der Waals surface area contributed by atoms with Crippen molar-refractivity contribution in [2.24, 2.45) is 5.92 Å². The van der Waals surface area contributed by atoms with Crippen LogP contribution in [0.5, 0.6) is 0 Å². The molecule has 1 atom stereocenters. The van der Waals surface area contributed by atoms with E-state index in [1.165, 1.54) is 16.2 Å². The van der Waals surface area contributed by atoms with Gasteiger partial charge >= 0.3 is 6.03 Å². The highest BCUT2D eigenvalue weighted by atomic mass is 32.1. The third kappa shape index (κ3) is 4.55. The molecule has 0 unspecified atom stereocenters. The molecule has 2 fully saturated rings. The number of imide groups is 1. The summed E-state index contributed by atoms with van der Waals surface area (Å²) in [5.41, 5.74) is 2.79. The Morgan fingerprint density at radius 3 is 2.31 bits per heavy atom. The Bertz CT molecular complexity index is 918. The van der Waals surface area contributed by atoms with Gasteiger partial charge in [-0.2, -0.15) is 11.3 Å². The molecule has 0 bridgehead atoms. The van der Waals surface area contributed by atoms with Crippen LogP contribution in [-0.4, -0.2) is 53.5 Å². The van der Waals surface area contributed by atoms with Crippen LogP contribution in [0.25, 0.3) is 0 Å². The number of carbonyl (C=O) groups is 2. The zero-order valence-corrected chi connectivity index (χ0v) is 20.2. The van der Waals surface area contributed by atoms with Crippen molar-refractivity contribution in [3.8, 4) is 0 Å². The fourth-order valence-electron chi connectivity index (χ4n) is 5.03. The second kappa shape index (κ2) is 9.63. The maximum absolute atomic E-state index is 13.2. The first-order valence-corrected chi connectivity index (χ1v) is 12.6. The Hall–Kier alpha value is -2.38. The molecule has 6 nitrogen and oxygen atoms in total. The van der Waals surface area contributed by atoms with Gasteiger partial charge in [0.1, 0.15) is 5.54 Å². The molecule has 4 rings (SSSR count). The van der Waals surface area contributed by atoms with Crippen LogP contribution in [0.15, 0.2) is 41.1 Å². The minimum absolute atomic E-state index is 0.0841. The van der Waals surface area contributed by atoms with Gasteiger partial charge in [-0.25, -0.2) is 4.79 Å². The smallest absolute Gasteiger partial charge is 0.325 e. The minimum atomic E-state index is -0.801. The molecular formula is C25H34N4O2S. The van der Waals surface area contributed by atoms with Crippen molar-refractivity contribution < 1.29 is 9.59 Å². The van der Waals surface area contributed by atoms with Crippen LogP contribution in [0.1, 0.15) is 44.7 Å². The van der Waals surface area contributed by atoms with Crippen molar-refractivity contribution in [3.63, 3.8) is 0 Å². The number of rotatable bonds is 8. The molecule has 1 aromatic heterocycles. The van der Waals surface area contributed by atoms with Gasteiger partial charge in [0.25, 0.3) is 5.91 Å². The molecule has 2 aliphatic heterocycles. The van der Waals surface area contributed by atoms with E-state index in [1.807, 2.05) is 23.8 Å². The average Bonchev–Trinajstić information content (AvgIpc) is 3.39. The van der Waals surface area contributed by atoms with E-state index in [4.69, 9.17) is 0 Å². The number of thiophene rings is 1. The molecule has 7 heteroatoms. The van der Waals surface area contributed by atoms with E-state index in [9.17, 15) is 9.59 Å². The van der Waals surface area contributed by atoms with Gasteiger partial charge in [0.05, 0.1) is 6.54 Å². The molecule has 172 valence electrons. The van der Waals surface area contributed by atoms with Crippen molar-refractivity contribution in [3.05, 3.63) is 52.2 Å². The number of nitrogens with zero attached hydrogens (tertiary/aromatic N) is 3. The standard InChI is InChI=1S/C25H34N4O2S/c1-4-28(5-2)22-8-6-19(7-9-22)16-27-13-10-21(11-14-27)25(3)23(30)29(24(31)26-25)17-20-12-15-32-18-20/h6-9,12,15,18,21H,4-5,10-11,13-14,16-17H2,1-3H3,(H,26,31)/t25-/m1/s1. The summed E-state index contributed by atoms with van der Waals surface area (Å²) in [7, 11) is 0. The predicted octanol–water partition coefficient (Wildman–Crippen LogP) is 4.32. The fourth-order valence-corrected chi connectivity index (χ4v) is 5.69. The first-order chi connectivity index (χ1) is 15.4. The molecule has 2 aromatic rings. The average molecular weight is 455 g/mol. The lowest BCUT2D eigenvalue weighted by Crippen LogP contribution is -2.53. The van der Waals surface area contributed by atoms with Crippen LogP contribution >= 0.6 is 11.3 Å². The Kier molecular flexibility index (Phi) is 6.86. The van der Waals surface area contributed by atoms with Crippen molar-refractivity contribution in [2.45, 2.75) is 52.2 Å². The number of piperidine rings is 1. The Morgan fingerprint density at radius 1 is 1.03 bits per heavy atom. The first-order valence-electron chi connectivity index (χ1n) is 11.7. The van der Waals surface area contributed by atoms with Crippen molar-refractivity contribution in [2.75, 3.05) is 31.1 Å². The van der Waals surface area contributed by atoms with Crippen LogP contribution in [0.4, 0.5) is 10.5 Å². The van der Waals surface area contributed by atoms with E-state index in [2.05, 4.69) is 53.2 Å². The van der Waals surface area contributed by atoms with Crippen molar-refractivity contribution >= 4 is 29.0 Å². The van der Waals surface area contributed by atoms with Gasteiger partial charge < -0.3 is 10.2 Å². The SMILES string of the molecule is CCN(CC)c1ccc(CN2CCC([C@@]3(C)NC(=O)N(Cc4ccsc4)C3=O)CC2)cc1. The molecule has 3 heterocycles. The minimum Gasteiger partial charge on any atom is -0.372 e. The van der Waals surface area contributed by atoms with Gasteiger partial charge in [0.15, 0.2) is 0 Å². The molecule has 0 saturated carbocycles. The summed E-state index contributed by atoms with van der Waals surface area (Å²) in [6, 6.07) is 10.6. The quantitative estimate of drug-likeness (QED) is 0.604. The molecule has 2 aliphatic rings. The van der Waals surface area contributed by atoms with Crippen LogP contribution in [0.3, 0.4) is 0 Å². The number of amides is 3. The molecule has 2 saturated heterocycles. The monoisotopic (exact) mass is 454 g/mol. The molecule has 0 spiro atoms. The van der Waals surface area contributed by atoms with Gasteiger partial charge in [-0.1, -0.05) is 12.1 Å². The summed E-state index contributed by atoms with van der Waals surface area (Å²) in [4.78, 5) is 32.0. The maximum Gasteiger partial charge on any atom is 0.325 e. The zero-order valence-electron chi connectivity index (χ0n) is 19.3. The Balaban J connectivity index is 1.33. The number of anilines is 1. The van der Waals surface area contributed by atoms with Crippen LogP contribution in [0, 0.1) is 5.92 Å². The Morgan fingerprint density at radius 2 is 1.72 bits per heavy atom. The molecule has 0 aliphatic carbocycles. The topological polar surface area (TPSA) is 55.9 Å². The number of benzene rings is 1. The van der Waals surface area contributed by atoms with Gasteiger partial charge in [-0.3, -0.25) is 14.6 Å². The lowest BCUT2D eigenvalue weighted by atomic mass is 9.79. The second-order valence-electron chi connectivity index (χ2n) is 9.04. The largest absolute Gasteiger partial charge is 0.372 e.